The Morgan fingerprint density at radius 3 is 2.71 bits per heavy atom. The number of likely N-dealkylation sites (N-methyl/N-ethyl adjacent to an activating group) is 1. The zero-order valence-electron chi connectivity index (χ0n) is 16.8. The molecule has 0 radical (unpaired) electrons. The molecule has 1 amide bonds. The minimum atomic E-state index is -0.347. The molecule has 0 N–H and O–H groups in total. The third kappa shape index (κ3) is 3.19. The fraction of sp³-hybridized carbons (Fsp3) is 0.650. The average molecular weight is 384 g/mol. The Labute approximate surface area is 165 Å². The van der Waals surface area contributed by atoms with Gasteiger partial charge < -0.3 is 4.90 Å². The van der Waals surface area contributed by atoms with Crippen molar-refractivity contribution >= 4 is 5.91 Å². The maximum Gasteiger partial charge on any atom is 0.272 e. The van der Waals surface area contributed by atoms with Crippen molar-refractivity contribution in [2.45, 2.75) is 57.5 Å². The lowest BCUT2D eigenvalue weighted by Gasteiger charge is -2.39. The molecule has 2 fully saturated rings. The molecule has 1 saturated carbocycles. The van der Waals surface area contributed by atoms with Crippen molar-refractivity contribution in [2.75, 3.05) is 26.2 Å². The van der Waals surface area contributed by atoms with Gasteiger partial charge in [0.15, 0.2) is 5.82 Å². The number of nitrogens with zero attached hydrogens (tertiary/aromatic N) is 7. The van der Waals surface area contributed by atoms with E-state index in [1.807, 2.05) is 17.0 Å². The van der Waals surface area contributed by atoms with Crippen LogP contribution in [0.1, 0.15) is 68.3 Å². The normalized spacial score (nSPS) is 23.0. The summed E-state index contributed by atoms with van der Waals surface area (Å²) in [5, 5.41) is 12.9. The number of carbonyl (C=O) groups is 1. The van der Waals surface area contributed by atoms with E-state index in [9.17, 15) is 4.79 Å². The maximum absolute atomic E-state index is 13.0. The standard InChI is InChI=1S/C20H29N7O/c1-3-26(4-2)20(19-22-23-24-27(19)16-9-5-6-10-16)12-14-25(15-20)18(28)17-11-7-8-13-21-17/h7-8,11,13,16H,3-6,9-10,12,14-15H2,1-2H3. The van der Waals surface area contributed by atoms with Crippen LogP contribution in [0, 0.1) is 0 Å². The maximum atomic E-state index is 13.0. The molecule has 8 nitrogen and oxygen atoms in total. The van der Waals surface area contributed by atoms with Crippen molar-refractivity contribution in [3.63, 3.8) is 0 Å². The number of pyridine rings is 1. The Morgan fingerprint density at radius 2 is 2.04 bits per heavy atom. The molecular weight excluding hydrogens is 354 g/mol. The molecule has 4 rings (SSSR count). The monoisotopic (exact) mass is 383 g/mol. The summed E-state index contributed by atoms with van der Waals surface area (Å²) in [4.78, 5) is 21.6. The van der Waals surface area contributed by atoms with Crippen LogP contribution in [0.4, 0.5) is 0 Å². The van der Waals surface area contributed by atoms with Crippen molar-refractivity contribution in [2.24, 2.45) is 0 Å². The molecule has 1 aliphatic heterocycles. The van der Waals surface area contributed by atoms with Crippen LogP contribution in [0.2, 0.25) is 0 Å². The van der Waals surface area contributed by atoms with Crippen LogP contribution in [-0.4, -0.2) is 67.1 Å². The van der Waals surface area contributed by atoms with Crippen molar-refractivity contribution < 1.29 is 4.79 Å². The number of likely N-dealkylation sites (tertiary alicyclic amines) is 1. The molecule has 2 aromatic heterocycles. The highest BCUT2D eigenvalue weighted by molar-refractivity contribution is 5.92. The average Bonchev–Trinajstić information content (AvgIpc) is 3.48. The number of hydrogen-bond acceptors (Lipinski definition) is 6. The third-order valence-corrected chi connectivity index (χ3v) is 6.37. The van der Waals surface area contributed by atoms with E-state index in [0.29, 0.717) is 24.8 Å². The van der Waals surface area contributed by atoms with Crippen LogP contribution in [0.25, 0.3) is 0 Å². The van der Waals surface area contributed by atoms with E-state index in [-0.39, 0.29) is 11.4 Å². The Morgan fingerprint density at radius 1 is 1.25 bits per heavy atom. The molecule has 3 heterocycles. The first-order chi connectivity index (χ1) is 13.7. The smallest absolute Gasteiger partial charge is 0.272 e. The van der Waals surface area contributed by atoms with E-state index in [1.54, 1.807) is 12.3 Å². The quantitative estimate of drug-likeness (QED) is 0.761. The second kappa shape index (κ2) is 7.95. The van der Waals surface area contributed by atoms with Gasteiger partial charge in [0.2, 0.25) is 0 Å². The summed E-state index contributed by atoms with van der Waals surface area (Å²) in [6.45, 7) is 7.39. The van der Waals surface area contributed by atoms with Gasteiger partial charge in [0.25, 0.3) is 5.91 Å². The van der Waals surface area contributed by atoms with E-state index < -0.39 is 0 Å². The highest BCUT2D eigenvalue weighted by atomic mass is 16.2. The van der Waals surface area contributed by atoms with Gasteiger partial charge in [-0.2, -0.15) is 0 Å². The van der Waals surface area contributed by atoms with Gasteiger partial charge in [-0.15, -0.1) is 5.10 Å². The van der Waals surface area contributed by atoms with Crippen molar-refractivity contribution in [1.82, 2.24) is 35.0 Å². The molecule has 0 bridgehead atoms. The molecule has 1 saturated heterocycles. The molecule has 0 spiro atoms. The summed E-state index contributed by atoms with van der Waals surface area (Å²) < 4.78 is 2.06. The largest absolute Gasteiger partial charge is 0.335 e. The van der Waals surface area contributed by atoms with Crippen LogP contribution in [-0.2, 0) is 5.54 Å². The predicted octanol–water partition coefficient (Wildman–Crippen LogP) is 2.27. The van der Waals surface area contributed by atoms with Crippen LogP contribution < -0.4 is 0 Å². The number of hydrogen-bond donors (Lipinski definition) is 0. The first kappa shape index (κ1) is 19.0. The van der Waals surface area contributed by atoms with E-state index in [4.69, 9.17) is 0 Å². The van der Waals surface area contributed by atoms with E-state index in [0.717, 1.165) is 38.2 Å². The first-order valence-electron chi connectivity index (χ1n) is 10.4. The predicted molar refractivity (Wildman–Crippen MR) is 105 cm³/mol. The number of rotatable bonds is 6. The van der Waals surface area contributed by atoms with Gasteiger partial charge in [0, 0.05) is 19.3 Å². The molecule has 1 atom stereocenters. The fourth-order valence-electron chi connectivity index (χ4n) is 4.92. The van der Waals surface area contributed by atoms with Gasteiger partial charge in [-0.3, -0.25) is 14.7 Å². The lowest BCUT2D eigenvalue weighted by molar-refractivity contribution is 0.0656. The van der Waals surface area contributed by atoms with Crippen molar-refractivity contribution in [1.29, 1.82) is 0 Å². The minimum Gasteiger partial charge on any atom is -0.335 e. The summed E-state index contributed by atoms with van der Waals surface area (Å²) in [7, 11) is 0. The molecule has 1 aliphatic carbocycles. The summed E-state index contributed by atoms with van der Waals surface area (Å²) in [6.07, 6.45) is 7.22. The fourth-order valence-corrected chi connectivity index (χ4v) is 4.92. The lowest BCUT2D eigenvalue weighted by atomic mass is 9.94. The summed E-state index contributed by atoms with van der Waals surface area (Å²) in [5.41, 5.74) is 0.147. The highest BCUT2D eigenvalue weighted by Crippen LogP contribution is 2.40. The molecule has 1 unspecified atom stereocenters. The van der Waals surface area contributed by atoms with E-state index in [2.05, 4.69) is 43.9 Å². The van der Waals surface area contributed by atoms with Gasteiger partial charge in [-0.05, 0) is 54.9 Å². The number of amides is 1. The van der Waals surface area contributed by atoms with Crippen LogP contribution in [0.15, 0.2) is 24.4 Å². The van der Waals surface area contributed by atoms with Crippen LogP contribution in [0.3, 0.4) is 0 Å². The van der Waals surface area contributed by atoms with Crippen LogP contribution >= 0.6 is 0 Å². The van der Waals surface area contributed by atoms with Gasteiger partial charge in [-0.1, -0.05) is 32.8 Å². The zero-order chi connectivity index (χ0) is 19.6. The Balaban J connectivity index is 1.68. The molecule has 8 heteroatoms. The Kier molecular flexibility index (Phi) is 5.39. The Bertz CT molecular complexity index is 798. The molecule has 150 valence electrons. The van der Waals surface area contributed by atoms with E-state index >= 15 is 0 Å². The van der Waals surface area contributed by atoms with Gasteiger partial charge in [0.05, 0.1) is 6.04 Å². The third-order valence-electron chi connectivity index (χ3n) is 6.37. The van der Waals surface area contributed by atoms with Gasteiger partial charge >= 0.3 is 0 Å². The second-order valence-electron chi connectivity index (χ2n) is 7.78. The minimum absolute atomic E-state index is 0.0190. The van der Waals surface area contributed by atoms with Gasteiger partial charge in [0.1, 0.15) is 11.2 Å². The summed E-state index contributed by atoms with van der Waals surface area (Å²) in [5.74, 6) is 0.897. The molecule has 0 aromatic carbocycles. The topological polar surface area (TPSA) is 80.0 Å². The molecule has 2 aliphatic rings. The van der Waals surface area contributed by atoms with E-state index in [1.165, 1.54) is 12.8 Å². The number of carbonyl (C=O) groups excluding carboxylic acids is 1. The summed E-state index contributed by atoms with van der Waals surface area (Å²) >= 11 is 0. The van der Waals surface area contributed by atoms with Crippen LogP contribution in [0.5, 0.6) is 0 Å². The Hall–Kier alpha value is -2.35. The summed E-state index contributed by atoms with van der Waals surface area (Å²) in [6, 6.07) is 5.84. The molecular formula is C20H29N7O. The SMILES string of the molecule is CCN(CC)C1(c2nnnn2C2CCCC2)CCN(C(=O)c2ccccn2)C1. The van der Waals surface area contributed by atoms with Gasteiger partial charge in [-0.25, -0.2) is 4.68 Å². The number of aromatic nitrogens is 5. The second-order valence-corrected chi connectivity index (χ2v) is 7.78. The van der Waals surface area contributed by atoms with Crippen molar-refractivity contribution in [3.8, 4) is 0 Å². The first-order valence-corrected chi connectivity index (χ1v) is 10.4. The highest BCUT2D eigenvalue weighted by Gasteiger charge is 2.49. The zero-order valence-corrected chi connectivity index (χ0v) is 16.8. The number of tetrazole rings is 1. The lowest BCUT2D eigenvalue weighted by Crippen LogP contribution is -2.50. The van der Waals surface area contributed by atoms with Crippen molar-refractivity contribution in [3.05, 3.63) is 35.9 Å². The molecule has 28 heavy (non-hydrogen) atoms. The molecule has 2 aromatic rings.